The van der Waals surface area contributed by atoms with Crippen LogP contribution in [0.15, 0.2) is 0 Å². The molecule has 1 rings (SSSR count). The van der Waals surface area contributed by atoms with Gasteiger partial charge in [-0.1, -0.05) is 0 Å². The second kappa shape index (κ2) is 5.95. The summed E-state index contributed by atoms with van der Waals surface area (Å²) in [6.07, 6.45) is 0.559. The number of nitrogens with zero attached hydrogens (tertiary/aromatic N) is 1. The average Bonchev–Trinajstić information content (AvgIpc) is 2.22. The van der Waals surface area contributed by atoms with Gasteiger partial charge in [0.2, 0.25) is 10.0 Å². The van der Waals surface area contributed by atoms with Crippen LogP contribution in [0.5, 0.6) is 0 Å². The second-order valence-corrected chi connectivity index (χ2v) is 6.43. The molecule has 1 saturated heterocycles. The van der Waals surface area contributed by atoms with Crippen LogP contribution in [0.1, 0.15) is 20.3 Å². The largest absolute Gasteiger partial charge is 0.385 e. The second-order valence-electron chi connectivity index (χ2n) is 4.39. The van der Waals surface area contributed by atoms with Gasteiger partial charge in [-0.25, -0.2) is 8.42 Å². The summed E-state index contributed by atoms with van der Waals surface area (Å²) in [4.78, 5) is 0. The minimum absolute atomic E-state index is 0.0451. The Balaban J connectivity index is 2.58. The van der Waals surface area contributed by atoms with Gasteiger partial charge in [-0.3, -0.25) is 0 Å². The van der Waals surface area contributed by atoms with Gasteiger partial charge in [0.1, 0.15) is 0 Å². The highest BCUT2D eigenvalue weighted by Gasteiger charge is 2.31. The molecule has 6 heteroatoms. The summed E-state index contributed by atoms with van der Waals surface area (Å²) in [5, 5.41) is 3.27. The number of nitrogens with one attached hydrogen (secondary N) is 1. The summed E-state index contributed by atoms with van der Waals surface area (Å²) in [5.41, 5.74) is 0. The van der Waals surface area contributed by atoms with E-state index in [2.05, 4.69) is 5.32 Å². The standard InChI is InChI=1S/C10H22N2O3S/c1-9-8-12(10(2)7-11-9)16(13,14)6-4-5-15-3/h9-11H,4-8H2,1-3H3. The zero-order chi connectivity index (χ0) is 12.2. The summed E-state index contributed by atoms with van der Waals surface area (Å²) < 4.78 is 30.6. The number of hydrogen-bond acceptors (Lipinski definition) is 4. The van der Waals surface area contributed by atoms with Crippen molar-refractivity contribution in [2.24, 2.45) is 0 Å². The molecule has 1 aliphatic rings. The lowest BCUT2D eigenvalue weighted by molar-refractivity contribution is 0.198. The lowest BCUT2D eigenvalue weighted by Crippen LogP contribution is -2.56. The van der Waals surface area contributed by atoms with Crippen LogP contribution >= 0.6 is 0 Å². The maximum absolute atomic E-state index is 12.1. The molecule has 0 saturated carbocycles. The highest BCUT2D eigenvalue weighted by molar-refractivity contribution is 7.89. The molecule has 0 amide bonds. The monoisotopic (exact) mass is 250 g/mol. The van der Waals surface area contributed by atoms with Gasteiger partial charge in [0.25, 0.3) is 0 Å². The molecule has 96 valence electrons. The molecule has 2 atom stereocenters. The molecule has 0 spiro atoms. The lowest BCUT2D eigenvalue weighted by Gasteiger charge is -2.36. The van der Waals surface area contributed by atoms with Crippen molar-refractivity contribution in [1.82, 2.24) is 9.62 Å². The number of hydrogen-bond donors (Lipinski definition) is 1. The molecule has 0 aromatic carbocycles. The maximum Gasteiger partial charge on any atom is 0.214 e. The van der Waals surface area contributed by atoms with Crippen molar-refractivity contribution >= 4 is 10.0 Å². The zero-order valence-electron chi connectivity index (χ0n) is 10.3. The Morgan fingerprint density at radius 3 is 2.75 bits per heavy atom. The third-order valence-corrected chi connectivity index (χ3v) is 4.84. The Kier molecular flexibility index (Phi) is 5.17. The Labute approximate surface area is 98.2 Å². The molecule has 0 radical (unpaired) electrons. The van der Waals surface area contributed by atoms with Gasteiger partial charge in [-0.2, -0.15) is 4.31 Å². The average molecular weight is 250 g/mol. The first-order valence-electron chi connectivity index (χ1n) is 5.69. The quantitative estimate of drug-likeness (QED) is 0.700. The third-order valence-electron chi connectivity index (χ3n) is 2.82. The molecule has 2 unspecified atom stereocenters. The first kappa shape index (κ1) is 13.9. The van der Waals surface area contributed by atoms with Crippen LogP contribution in [0.2, 0.25) is 0 Å². The molecule has 1 heterocycles. The zero-order valence-corrected chi connectivity index (χ0v) is 11.1. The number of rotatable bonds is 5. The van der Waals surface area contributed by atoms with E-state index in [9.17, 15) is 8.42 Å². The van der Waals surface area contributed by atoms with Crippen molar-refractivity contribution < 1.29 is 13.2 Å². The van der Waals surface area contributed by atoms with Crippen LogP contribution < -0.4 is 5.32 Å². The van der Waals surface area contributed by atoms with Crippen molar-refractivity contribution in [1.29, 1.82) is 0 Å². The molecular weight excluding hydrogens is 228 g/mol. The molecule has 0 aromatic heterocycles. The fourth-order valence-corrected chi connectivity index (χ4v) is 3.67. The van der Waals surface area contributed by atoms with Crippen molar-refractivity contribution in [3.05, 3.63) is 0 Å². The van der Waals surface area contributed by atoms with Crippen LogP contribution in [-0.2, 0) is 14.8 Å². The molecule has 1 aliphatic heterocycles. The van der Waals surface area contributed by atoms with Gasteiger partial charge in [0.15, 0.2) is 0 Å². The number of sulfonamides is 1. The molecule has 1 fully saturated rings. The van der Waals surface area contributed by atoms with E-state index < -0.39 is 10.0 Å². The summed E-state index contributed by atoms with van der Waals surface area (Å²) in [6, 6.07) is 0.275. The first-order valence-corrected chi connectivity index (χ1v) is 7.30. The number of piperazine rings is 1. The Morgan fingerprint density at radius 1 is 1.44 bits per heavy atom. The predicted molar refractivity (Wildman–Crippen MR) is 63.9 cm³/mol. The smallest absolute Gasteiger partial charge is 0.214 e. The number of methoxy groups -OCH3 is 1. The van der Waals surface area contributed by atoms with Crippen molar-refractivity contribution in [2.75, 3.05) is 32.6 Å². The molecular formula is C10H22N2O3S. The normalized spacial score (nSPS) is 28.2. The molecule has 0 aliphatic carbocycles. The van der Waals surface area contributed by atoms with E-state index >= 15 is 0 Å². The summed E-state index contributed by atoms with van der Waals surface area (Å²) in [7, 11) is -1.54. The van der Waals surface area contributed by atoms with Gasteiger partial charge >= 0.3 is 0 Å². The minimum atomic E-state index is -3.12. The van der Waals surface area contributed by atoms with Crippen molar-refractivity contribution in [3.63, 3.8) is 0 Å². The fourth-order valence-electron chi connectivity index (χ4n) is 1.88. The van der Waals surface area contributed by atoms with Crippen LogP contribution in [0.4, 0.5) is 0 Å². The molecule has 5 nitrogen and oxygen atoms in total. The van der Waals surface area contributed by atoms with Gasteiger partial charge in [-0.15, -0.1) is 0 Å². The highest BCUT2D eigenvalue weighted by Crippen LogP contribution is 2.13. The van der Waals surface area contributed by atoms with Crippen molar-refractivity contribution in [2.45, 2.75) is 32.4 Å². The van der Waals surface area contributed by atoms with E-state index in [0.717, 1.165) is 6.54 Å². The summed E-state index contributed by atoms with van der Waals surface area (Å²) >= 11 is 0. The molecule has 0 aromatic rings. The Bertz CT molecular complexity index is 305. The van der Waals surface area contributed by atoms with Gasteiger partial charge < -0.3 is 10.1 Å². The van der Waals surface area contributed by atoms with E-state index in [0.29, 0.717) is 19.6 Å². The van der Waals surface area contributed by atoms with Gasteiger partial charge in [0, 0.05) is 38.9 Å². The predicted octanol–water partition coefficient (Wildman–Crippen LogP) is 0.0349. The van der Waals surface area contributed by atoms with Crippen LogP contribution in [0.25, 0.3) is 0 Å². The SMILES string of the molecule is COCCCS(=O)(=O)N1CC(C)NCC1C. The fraction of sp³-hybridized carbons (Fsp3) is 1.00. The molecule has 1 N–H and O–H groups in total. The van der Waals surface area contributed by atoms with E-state index in [1.165, 1.54) is 0 Å². The van der Waals surface area contributed by atoms with Crippen LogP contribution in [0, 0.1) is 0 Å². The summed E-state index contributed by atoms with van der Waals surface area (Å²) in [5.74, 6) is 0.178. The van der Waals surface area contributed by atoms with E-state index in [1.807, 2.05) is 13.8 Å². The molecule has 16 heavy (non-hydrogen) atoms. The van der Waals surface area contributed by atoms with E-state index in [-0.39, 0.29) is 17.8 Å². The minimum Gasteiger partial charge on any atom is -0.385 e. The van der Waals surface area contributed by atoms with Gasteiger partial charge in [0.05, 0.1) is 5.75 Å². The Hall–Kier alpha value is -0.170. The number of ether oxygens (including phenoxy) is 1. The third kappa shape index (κ3) is 3.69. The van der Waals surface area contributed by atoms with Crippen molar-refractivity contribution in [3.8, 4) is 0 Å². The topological polar surface area (TPSA) is 58.6 Å². The van der Waals surface area contributed by atoms with Gasteiger partial charge in [-0.05, 0) is 20.3 Å². The van der Waals surface area contributed by atoms with Crippen LogP contribution in [-0.4, -0.2) is 57.4 Å². The van der Waals surface area contributed by atoms with Crippen LogP contribution in [0.3, 0.4) is 0 Å². The maximum atomic E-state index is 12.1. The lowest BCUT2D eigenvalue weighted by atomic mass is 10.2. The summed E-state index contributed by atoms with van der Waals surface area (Å²) in [6.45, 7) is 5.73. The molecule has 0 bridgehead atoms. The highest BCUT2D eigenvalue weighted by atomic mass is 32.2. The first-order chi connectivity index (χ1) is 7.47. The van der Waals surface area contributed by atoms with E-state index in [1.54, 1.807) is 11.4 Å². The van der Waals surface area contributed by atoms with E-state index in [4.69, 9.17) is 4.74 Å². The Morgan fingerprint density at radius 2 is 2.12 bits per heavy atom.